The molecular formula is C16H17N5. The minimum atomic E-state index is 0.645. The lowest BCUT2D eigenvalue weighted by Crippen LogP contribution is -2.16. The molecule has 1 aromatic heterocycles. The maximum absolute atomic E-state index is 4.14. The Bertz CT molecular complexity index is 705. The SMILES string of the molecule is CCNCc1nnnn1-c1ccccc1-c1ccccc1. The van der Waals surface area contributed by atoms with Gasteiger partial charge < -0.3 is 5.32 Å². The Balaban J connectivity index is 2.06. The summed E-state index contributed by atoms with van der Waals surface area (Å²) >= 11 is 0. The van der Waals surface area contributed by atoms with Crippen molar-refractivity contribution in [3.05, 3.63) is 60.4 Å². The average Bonchev–Trinajstić information content (AvgIpc) is 3.02. The molecule has 0 unspecified atom stereocenters. The molecule has 0 amide bonds. The van der Waals surface area contributed by atoms with Crippen LogP contribution < -0.4 is 5.32 Å². The average molecular weight is 279 g/mol. The van der Waals surface area contributed by atoms with Gasteiger partial charge in [0.1, 0.15) is 0 Å². The zero-order valence-corrected chi connectivity index (χ0v) is 11.9. The predicted molar refractivity (Wildman–Crippen MR) is 82.0 cm³/mol. The molecule has 0 atom stereocenters. The van der Waals surface area contributed by atoms with Crippen molar-refractivity contribution in [3.8, 4) is 16.8 Å². The second-order valence-corrected chi connectivity index (χ2v) is 4.67. The highest BCUT2D eigenvalue weighted by Crippen LogP contribution is 2.26. The zero-order chi connectivity index (χ0) is 14.5. The molecule has 1 heterocycles. The summed E-state index contributed by atoms with van der Waals surface area (Å²) in [4.78, 5) is 0. The fourth-order valence-electron chi connectivity index (χ4n) is 2.26. The number of aromatic nitrogens is 4. The van der Waals surface area contributed by atoms with E-state index >= 15 is 0 Å². The summed E-state index contributed by atoms with van der Waals surface area (Å²) in [5.74, 6) is 0.806. The maximum Gasteiger partial charge on any atom is 0.170 e. The summed E-state index contributed by atoms with van der Waals surface area (Å²) < 4.78 is 1.80. The number of tetrazole rings is 1. The van der Waals surface area contributed by atoms with Gasteiger partial charge in [-0.25, -0.2) is 0 Å². The van der Waals surface area contributed by atoms with Crippen LogP contribution >= 0.6 is 0 Å². The highest BCUT2D eigenvalue weighted by molar-refractivity contribution is 5.72. The molecule has 0 fully saturated rings. The first-order valence-electron chi connectivity index (χ1n) is 7.03. The molecule has 0 bridgehead atoms. The monoisotopic (exact) mass is 279 g/mol. The molecule has 21 heavy (non-hydrogen) atoms. The first-order valence-corrected chi connectivity index (χ1v) is 7.03. The molecule has 5 nitrogen and oxygen atoms in total. The van der Waals surface area contributed by atoms with Crippen LogP contribution in [0.2, 0.25) is 0 Å². The minimum Gasteiger partial charge on any atom is -0.310 e. The van der Waals surface area contributed by atoms with Crippen LogP contribution in [0.15, 0.2) is 54.6 Å². The van der Waals surface area contributed by atoms with Crippen LogP contribution in [0.25, 0.3) is 16.8 Å². The third-order valence-electron chi connectivity index (χ3n) is 3.28. The molecule has 0 spiro atoms. The van der Waals surface area contributed by atoms with Crippen LogP contribution in [-0.4, -0.2) is 26.8 Å². The van der Waals surface area contributed by atoms with E-state index in [1.54, 1.807) is 4.68 Å². The molecule has 0 aliphatic heterocycles. The quantitative estimate of drug-likeness (QED) is 0.779. The van der Waals surface area contributed by atoms with Crippen LogP contribution in [-0.2, 0) is 6.54 Å². The normalized spacial score (nSPS) is 10.7. The summed E-state index contributed by atoms with van der Waals surface area (Å²) in [6, 6.07) is 18.4. The lowest BCUT2D eigenvalue weighted by atomic mass is 10.0. The third kappa shape index (κ3) is 2.83. The molecule has 0 saturated carbocycles. The van der Waals surface area contributed by atoms with E-state index in [9.17, 15) is 0 Å². The van der Waals surface area contributed by atoms with Gasteiger partial charge in [-0.1, -0.05) is 55.5 Å². The highest BCUT2D eigenvalue weighted by Gasteiger charge is 2.12. The van der Waals surface area contributed by atoms with Gasteiger partial charge in [0, 0.05) is 5.56 Å². The van der Waals surface area contributed by atoms with Gasteiger partial charge in [0.05, 0.1) is 12.2 Å². The van der Waals surface area contributed by atoms with Crippen molar-refractivity contribution in [2.75, 3.05) is 6.54 Å². The zero-order valence-electron chi connectivity index (χ0n) is 11.9. The Morgan fingerprint density at radius 3 is 2.57 bits per heavy atom. The first-order chi connectivity index (χ1) is 10.4. The molecule has 5 heteroatoms. The van der Waals surface area contributed by atoms with E-state index in [0.29, 0.717) is 6.54 Å². The van der Waals surface area contributed by atoms with Gasteiger partial charge in [0.15, 0.2) is 5.82 Å². The summed E-state index contributed by atoms with van der Waals surface area (Å²) in [5.41, 5.74) is 3.25. The second-order valence-electron chi connectivity index (χ2n) is 4.67. The van der Waals surface area contributed by atoms with E-state index in [1.807, 2.05) is 36.4 Å². The van der Waals surface area contributed by atoms with E-state index in [-0.39, 0.29) is 0 Å². The van der Waals surface area contributed by atoms with Crippen LogP contribution in [0.1, 0.15) is 12.7 Å². The third-order valence-corrected chi connectivity index (χ3v) is 3.28. The smallest absolute Gasteiger partial charge is 0.170 e. The van der Waals surface area contributed by atoms with Crippen LogP contribution in [0.4, 0.5) is 0 Å². The number of hydrogen-bond acceptors (Lipinski definition) is 4. The van der Waals surface area contributed by atoms with Crippen LogP contribution in [0.3, 0.4) is 0 Å². The number of benzene rings is 2. The van der Waals surface area contributed by atoms with Crippen molar-refractivity contribution in [3.63, 3.8) is 0 Å². The molecule has 0 aliphatic rings. The van der Waals surface area contributed by atoms with Gasteiger partial charge >= 0.3 is 0 Å². The number of para-hydroxylation sites is 1. The molecule has 0 saturated heterocycles. The Kier molecular flexibility index (Phi) is 4.02. The van der Waals surface area contributed by atoms with Gasteiger partial charge in [-0.05, 0) is 28.6 Å². The largest absolute Gasteiger partial charge is 0.310 e. The lowest BCUT2D eigenvalue weighted by Gasteiger charge is -2.11. The fourth-order valence-corrected chi connectivity index (χ4v) is 2.26. The van der Waals surface area contributed by atoms with Gasteiger partial charge in [-0.2, -0.15) is 4.68 Å². The van der Waals surface area contributed by atoms with Crippen molar-refractivity contribution in [1.29, 1.82) is 0 Å². The Morgan fingerprint density at radius 1 is 1.00 bits per heavy atom. The highest BCUT2D eigenvalue weighted by atomic mass is 15.5. The number of hydrogen-bond donors (Lipinski definition) is 1. The number of nitrogens with one attached hydrogen (secondary N) is 1. The van der Waals surface area contributed by atoms with Crippen molar-refractivity contribution in [2.45, 2.75) is 13.5 Å². The molecular weight excluding hydrogens is 262 g/mol. The summed E-state index contributed by atoms with van der Waals surface area (Å²) in [5, 5.41) is 15.3. The summed E-state index contributed by atoms with van der Waals surface area (Å²) in [7, 11) is 0. The summed E-state index contributed by atoms with van der Waals surface area (Å²) in [6.07, 6.45) is 0. The van der Waals surface area contributed by atoms with Gasteiger partial charge in [0.25, 0.3) is 0 Å². The van der Waals surface area contributed by atoms with E-state index in [4.69, 9.17) is 0 Å². The maximum atomic E-state index is 4.14. The van der Waals surface area contributed by atoms with E-state index in [1.165, 1.54) is 0 Å². The Morgan fingerprint density at radius 2 is 1.76 bits per heavy atom. The van der Waals surface area contributed by atoms with Crippen molar-refractivity contribution >= 4 is 0 Å². The van der Waals surface area contributed by atoms with Gasteiger partial charge in [-0.3, -0.25) is 0 Å². The predicted octanol–water partition coefficient (Wildman–Crippen LogP) is 2.44. The standard InChI is InChI=1S/C16H17N5/c1-2-17-12-16-18-19-20-21(16)15-11-7-6-10-14(15)13-8-4-3-5-9-13/h3-11,17H,2,12H2,1H3. The Labute approximate surface area is 123 Å². The van der Waals surface area contributed by atoms with Crippen molar-refractivity contribution < 1.29 is 0 Å². The minimum absolute atomic E-state index is 0.645. The van der Waals surface area contributed by atoms with Gasteiger partial charge in [0.2, 0.25) is 0 Å². The molecule has 0 aliphatic carbocycles. The second kappa shape index (κ2) is 6.28. The van der Waals surface area contributed by atoms with E-state index in [2.05, 4.69) is 46.0 Å². The van der Waals surface area contributed by atoms with E-state index < -0.39 is 0 Å². The molecule has 0 radical (unpaired) electrons. The molecule has 2 aromatic carbocycles. The topological polar surface area (TPSA) is 55.6 Å². The van der Waals surface area contributed by atoms with Crippen LogP contribution in [0.5, 0.6) is 0 Å². The molecule has 106 valence electrons. The fraction of sp³-hybridized carbons (Fsp3) is 0.188. The van der Waals surface area contributed by atoms with Crippen LogP contribution in [0, 0.1) is 0 Å². The number of nitrogens with zero attached hydrogens (tertiary/aromatic N) is 4. The number of rotatable bonds is 5. The van der Waals surface area contributed by atoms with Crippen molar-refractivity contribution in [1.82, 2.24) is 25.5 Å². The molecule has 3 aromatic rings. The van der Waals surface area contributed by atoms with E-state index in [0.717, 1.165) is 29.2 Å². The Hall–Kier alpha value is -2.53. The van der Waals surface area contributed by atoms with Crippen molar-refractivity contribution in [2.24, 2.45) is 0 Å². The van der Waals surface area contributed by atoms with Gasteiger partial charge in [-0.15, -0.1) is 5.10 Å². The first kappa shape index (κ1) is 13.5. The lowest BCUT2D eigenvalue weighted by molar-refractivity contribution is 0.664. The molecule has 3 rings (SSSR count). The summed E-state index contributed by atoms with van der Waals surface area (Å²) in [6.45, 7) is 3.59. The molecule has 1 N–H and O–H groups in total.